The zero-order chi connectivity index (χ0) is 45.4. The van der Waals surface area contributed by atoms with Crippen molar-refractivity contribution in [3.05, 3.63) is 249 Å². The Morgan fingerprint density at radius 3 is 1.55 bits per heavy atom. The van der Waals surface area contributed by atoms with E-state index < -0.39 is 0 Å². The Hall–Kier alpha value is -9.32. The average Bonchev–Trinajstić information content (AvgIpc) is 4.06. The van der Waals surface area contributed by atoms with Crippen LogP contribution in [0.4, 0.5) is 0 Å². The lowest BCUT2D eigenvalue weighted by atomic mass is 10.0. The second-order valence-electron chi connectivity index (χ2n) is 17.8. The topological polar surface area (TPSA) is 40.6 Å². The molecule has 5 nitrogen and oxygen atoms in total. The van der Waals surface area contributed by atoms with E-state index in [1.807, 2.05) is 12.3 Å². The van der Waals surface area contributed by atoms with Crippen molar-refractivity contribution < 1.29 is 0 Å². The Bertz CT molecular complexity index is 4240. The molecule has 14 rings (SSSR count). The molecule has 5 heteroatoms. The number of hydrogen-bond acceptors (Lipinski definition) is 2. The van der Waals surface area contributed by atoms with Crippen LogP contribution in [0, 0.1) is 0 Å². The first-order chi connectivity index (χ1) is 34.2. The van der Waals surface area contributed by atoms with Gasteiger partial charge in [-0.15, -0.1) is 0 Å². The first-order valence-corrected chi connectivity index (χ1v) is 23.5. The number of pyridine rings is 2. The second kappa shape index (κ2) is 15.7. The lowest BCUT2D eigenvalue weighted by Gasteiger charge is -2.13. The molecule has 0 unspecified atom stereocenters. The molecule has 9 aromatic carbocycles. The Kier molecular flexibility index (Phi) is 8.83. The summed E-state index contributed by atoms with van der Waals surface area (Å²) in [5.74, 6) is 0.884. The van der Waals surface area contributed by atoms with Crippen molar-refractivity contribution in [2.75, 3.05) is 0 Å². The number of aromatic nitrogens is 5. The van der Waals surface area contributed by atoms with Gasteiger partial charge in [-0.3, -0.25) is 9.55 Å². The maximum absolute atomic E-state index is 5.40. The fourth-order valence-corrected chi connectivity index (χ4v) is 10.7. The van der Waals surface area contributed by atoms with Crippen molar-refractivity contribution in [1.82, 2.24) is 23.7 Å². The van der Waals surface area contributed by atoms with Crippen LogP contribution in [0.15, 0.2) is 249 Å². The summed E-state index contributed by atoms with van der Waals surface area (Å²) in [6, 6.07) is 87.3. The highest BCUT2D eigenvalue weighted by atomic mass is 15.1. The SMILES string of the molecule is c1ccc(-c2cc(-c3ccccc3)nc(-n3c4ccccc4c4ccc(-c5ccc6c(c5)c5ccccc5n6-c5cccc(-c6ccc7c(c6)c6ncccc6n7-c6ccccc6)c5)cc43)c2)cc1. The smallest absolute Gasteiger partial charge is 0.138 e. The molecule has 0 radical (unpaired) electrons. The minimum Gasteiger partial charge on any atom is -0.309 e. The van der Waals surface area contributed by atoms with E-state index in [0.717, 1.165) is 100 Å². The van der Waals surface area contributed by atoms with E-state index in [2.05, 4.69) is 250 Å². The van der Waals surface area contributed by atoms with Gasteiger partial charge in [0.05, 0.1) is 44.3 Å². The summed E-state index contributed by atoms with van der Waals surface area (Å²) in [5.41, 5.74) is 18.9. The zero-order valence-electron chi connectivity index (χ0n) is 37.4. The summed E-state index contributed by atoms with van der Waals surface area (Å²) in [5, 5.41) is 5.95. The molecule has 322 valence electrons. The molecule has 0 saturated heterocycles. The fraction of sp³-hybridized carbons (Fsp3) is 0. The Morgan fingerprint density at radius 1 is 0.261 bits per heavy atom. The molecule has 14 aromatic rings. The largest absolute Gasteiger partial charge is 0.309 e. The molecule has 0 fully saturated rings. The minimum atomic E-state index is 0.884. The summed E-state index contributed by atoms with van der Waals surface area (Å²) in [7, 11) is 0. The molecule has 0 atom stereocenters. The van der Waals surface area contributed by atoms with Crippen LogP contribution in [0.2, 0.25) is 0 Å². The third-order valence-electron chi connectivity index (χ3n) is 13.9. The van der Waals surface area contributed by atoms with E-state index in [4.69, 9.17) is 9.97 Å². The van der Waals surface area contributed by atoms with E-state index in [9.17, 15) is 0 Å². The first-order valence-electron chi connectivity index (χ1n) is 23.5. The quantitative estimate of drug-likeness (QED) is 0.160. The van der Waals surface area contributed by atoms with E-state index in [-0.39, 0.29) is 0 Å². The lowest BCUT2D eigenvalue weighted by molar-refractivity contribution is 1.08. The van der Waals surface area contributed by atoms with Crippen LogP contribution >= 0.6 is 0 Å². The van der Waals surface area contributed by atoms with Crippen LogP contribution in [0.5, 0.6) is 0 Å². The predicted octanol–water partition coefficient (Wildman–Crippen LogP) is 16.4. The Morgan fingerprint density at radius 2 is 0.783 bits per heavy atom. The fourth-order valence-electron chi connectivity index (χ4n) is 10.7. The summed E-state index contributed by atoms with van der Waals surface area (Å²) >= 11 is 0. The molecule has 0 N–H and O–H groups in total. The molecular weight excluding hydrogens is 839 g/mol. The van der Waals surface area contributed by atoms with Crippen LogP contribution in [-0.2, 0) is 0 Å². The monoisotopic (exact) mass is 879 g/mol. The zero-order valence-corrected chi connectivity index (χ0v) is 37.4. The molecule has 5 aromatic heterocycles. The number of nitrogens with zero attached hydrogens (tertiary/aromatic N) is 5. The third-order valence-corrected chi connectivity index (χ3v) is 13.9. The van der Waals surface area contributed by atoms with E-state index in [1.54, 1.807) is 0 Å². The normalized spacial score (nSPS) is 11.8. The number of rotatable bonds is 7. The first kappa shape index (κ1) is 38.9. The summed E-state index contributed by atoms with van der Waals surface area (Å²) in [6.45, 7) is 0. The highest BCUT2D eigenvalue weighted by molar-refractivity contribution is 6.13. The van der Waals surface area contributed by atoms with E-state index >= 15 is 0 Å². The molecule has 0 aliphatic heterocycles. The summed E-state index contributed by atoms with van der Waals surface area (Å²) < 4.78 is 7.07. The molecule has 0 aliphatic rings. The average molecular weight is 880 g/mol. The molecule has 0 aliphatic carbocycles. The Labute approximate surface area is 398 Å². The molecule has 0 amide bonds. The van der Waals surface area contributed by atoms with Crippen molar-refractivity contribution >= 4 is 65.5 Å². The highest BCUT2D eigenvalue weighted by Crippen LogP contribution is 2.40. The van der Waals surface area contributed by atoms with Crippen LogP contribution in [0.3, 0.4) is 0 Å². The molecule has 5 heterocycles. The molecular formula is C64H41N5. The van der Waals surface area contributed by atoms with E-state index in [0.29, 0.717) is 0 Å². The molecule has 0 bridgehead atoms. The number of para-hydroxylation sites is 3. The van der Waals surface area contributed by atoms with Gasteiger partial charge >= 0.3 is 0 Å². The molecule has 0 saturated carbocycles. The maximum Gasteiger partial charge on any atom is 0.138 e. The van der Waals surface area contributed by atoms with Gasteiger partial charge in [-0.2, -0.15) is 0 Å². The van der Waals surface area contributed by atoms with Crippen LogP contribution in [-0.4, -0.2) is 23.7 Å². The van der Waals surface area contributed by atoms with Gasteiger partial charge in [0.2, 0.25) is 0 Å². The minimum absolute atomic E-state index is 0.884. The van der Waals surface area contributed by atoms with Gasteiger partial charge in [0.1, 0.15) is 5.82 Å². The van der Waals surface area contributed by atoms with Crippen LogP contribution < -0.4 is 0 Å². The van der Waals surface area contributed by atoms with Gasteiger partial charge < -0.3 is 9.13 Å². The highest BCUT2D eigenvalue weighted by Gasteiger charge is 2.19. The van der Waals surface area contributed by atoms with Crippen molar-refractivity contribution in [3.8, 4) is 61.8 Å². The standard InChI is InChI=1S/C64H41N5/c1-4-16-42(17-5-1)48-39-56(43-18-6-2-7-19-43)66-63(41-48)69-58-27-13-10-24-51(58)53-32-29-47(40-62(53)69)45-30-33-59-54(37-45)52-25-11-12-26-57(52)68(59)50-23-14-20-44(36-50)46-31-34-60-55(38-46)64-61(28-15-35-65-64)67(60)49-21-8-3-9-22-49/h1-41H. The van der Waals surface area contributed by atoms with Crippen molar-refractivity contribution in [2.45, 2.75) is 0 Å². The van der Waals surface area contributed by atoms with E-state index in [1.165, 1.54) is 27.1 Å². The number of benzene rings is 9. The van der Waals surface area contributed by atoms with Gasteiger partial charge in [0.15, 0.2) is 0 Å². The summed E-state index contributed by atoms with van der Waals surface area (Å²) in [6.07, 6.45) is 1.89. The van der Waals surface area contributed by atoms with Crippen molar-refractivity contribution in [3.63, 3.8) is 0 Å². The second-order valence-corrected chi connectivity index (χ2v) is 17.8. The molecule has 69 heavy (non-hydrogen) atoms. The number of hydrogen-bond donors (Lipinski definition) is 0. The van der Waals surface area contributed by atoms with Gasteiger partial charge in [0, 0.05) is 50.1 Å². The van der Waals surface area contributed by atoms with Crippen LogP contribution in [0.25, 0.3) is 127 Å². The third kappa shape index (κ3) is 6.32. The Balaban J connectivity index is 0.900. The van der Waals surface area contributed by atoms with Crippen LogP contribution in [0.1, 0.15) is 0 Å². The molecule has 0 spiro atoms. The number of fused-ring (bicyclic) bond motifs is 9. The maximum atomic E-state index is 5.40. The predicted molar refractivity (Wildman–Crippen MR) is 287 cm³/mol. The summed E-state index contributed by atoms with van der Waals surface area (Å²) in [4.78, 5) is 10.3. The lowest BCUT2D eigenvalue weighted by Crippen LogP contribution is -2.00. The van der Waals surface area contributed by atoms with Crippen molar-refractivity contribution in [1.29, 1.82) is 0 Å². The van der Waals surface area contributed by atoms with Gasteiger partial charge in [-0.25, -0.2) is 4.98 Å². The van der Waals surface area contributed by atoms with Gasteiger partial charge in [0.25, 0.3) is 0 Å². The van der Waals surface area contributed by atoms with Gasteiger partial charge in [-0.05, 0) is 124 Å². The van der Waals surface area contributed by atoms with Crippen molar-refractivity contribution in [2.24, 2.45) is 0 Å². The van der Waals surface area contributed by atoms with Gasteiger partial charge in [-0.1, -0.05) is 152 Å².